The number of benzene rings is 15. The molecular formula is C94H52N6O4. The molecule has 10 nitrogen and oxygen atoms in total. The molecule has 0 N–H and O–H groups in total. The molecule has 22 rings (SSSR count). The second-order valence-corrected chi connectivity index (χ2v) is 26.7. The molecule has 15 aromatic carbocycles. The number of hydrogen-bond donors (Lipinski definition) is 0. The van der Waals surface area contributed by atoms with Crippen LogP contribution in [0.15, 0.2) is 333 Å². The van der Waals surface area contributed by atoms with Gasteiger partial charge in [-0.25, -0.2) is 19.8 Å². The maximum Gasteiger partial charge on any atom is 0.197 e. The van der Waals surface area contributed by atoms with Crippen LogP contribution in [0.1, 0.15) is 0 Å². The van der Waals surface area contributed by atoms with Gasteiger partial charge >= 0.3 is 0 Å². The molecule has 104 heavy (non-hydrogen) atoms. The van der Waals surface area contributed by atoms with E-state index in [1.54, 1.807) is 0 Å². The molecular weight excluding hydrogens is 1280 g/mol. The Morgan fingerprint density at radius 2 is 0.596 bits per heavy atom. The lowest BCUT2D eigenvalue weighted by atomic mass is 9.95. The van der Waals surface area contributed by atoms with Gasteiger partial charge in [0.1, 0.15) is 44.7 Å². The topological polar surface area (TPSA) is 105 Å². The molecule has 0 fully saturated rings. The highest BCUT2D eigenvalue weighted by atomic mass is 16.3. The zero-order valence-electron chi connectivity index (χ0n) is 55.3. The summed E-state index contributed by atoms with van der Waals surface area (Å²) in [7, 11) is 0. The lowest BCUT2D eigenvalue weighted by molar-refractivity contribution is 0.668. The summed E-state index contributed by atoms with van der Waals surface area (Å²) in [6.07, 6.45) is 0. The zero-order chi connectivity index (χ0) is 68.3. The van der Waals surface area contributed by atoms with E-state index in [9.17, 15) is 6.57 Å². The second kappa shape index (κ2) is 22.3. The third kappa shape index (κ3) is 8.65. The zero-order valence-corrected chi connectivity index (χ0v) is 55.3. The van der Waals surface area contributed by atoms with Gasteiger partial charge in [-0.1, -0.05) is 194 Å². The molecule has 10 heteroatoms. The summed E-state index contributed by atoms with van der Waals surface area (Å²) in [5.41, 5.74) is 21.4. The fraction of sp³-hybridized carbons (Fsp3) is 0. The van der Waals surface area contributed by atoms with Crippen molar-refractivity contribution in [3.63, 3.8) is 0 Å². The van der Waals surface area contributed by atoms with Gasteiger partial charge < -0.3 is 26.8 Å². The van der Waals surface area contributed by atoms with Gasteiger partial charge in [-0.05, 0) is 160 Å². The number of rotatable bonds is 9. The SMILES string of the molecule is [C-]#[N+]c1cc(-c2nc(-c3ccc4oc5ccccc5c4c3)nc(-c3ccc4oc5ccccc5c4c3)n2)c(-n2c3ccc(-c4ccccc4)cc3c3c4oc5ccccc5c4ccc32)c(-n2c3ccc(-c4ccccc4)cc3c3c4oc5ccc(-c6ccccc6)cc5c4ccc32)c1-c1ccccc1. The van der Waals surface area contributed by atoms with Crippen molar-refractivity contribution in [1.29, 1.82) is 0 Å². The van der Waals surface area contributed by atoms with Crippen LogP contribution in [0.25, 0.3) is 226 Å². The maximum atomic E-state index is 9.69. The lowest BCUT2D eigenvalue weighted by Gasteiger charge is -2.25. The molecule has 0 saturated heterocycles. The normalized spacial score (nSPS) is 12.0. The minimum absolute atomic E-state index is 0.335. The van der Waals surface area contributed by atoms with E-state index >= 15 is 0 Å². The molecule has 22 aromatic rings. The van der Waals surface area contributed by atoms with Crippen LogP contribution in [-0.4, -0.2) is 24.1 Å². The van der Waals surface area contributed by atoms with E-state index in [1.807, 2.05) is 91.0 Å². The summed E-state index contributed by atoms with van der Waals surface area (Å²) in [4.78, 5) is 21.7. The molecule has 0 unspecified atom stereocenters. The minimum Gasteiger partial charge on any atom is -0.456 e. The molecule has 7 heterocycles. The van der Waals surface area contributed by atoms with Gasteiger partial charge in [0.15, 0.2) is 23.2 Å². The first-order valence-corrected chi connectivity index (χ1v) is 34.7. The van der Waals surface area contributed by atoms with Crippen LogP contribution in [0.2, 0.25) is 0 Å². The molecule has 0 aliphatic rings. The Labute approximate surface area is 592 Å². The monoisotopic (exact) mass is 1330 g/mol. The molecule has 0 saturated carbocycles. The van der Waals surface area contributed by atoms with E-state index in [-0.39, 0.29) is 0 Å². The third-order valence-corrected chi connectivity index (χ3v) is 21.0. The summed E-state index contributed by atoms with van der Waals surface area (Å²) >= 11 is 0. The fourth-order valence-electron chi connectivity index (χ4n) is 16.3. The van der Waals surface area contributed by atoms with Crippen molar-refractivity contribution >= 4 is 137 Å². The Kier molecular flexibility index (Phi) is 12.3. The second-order valence-electron chi connectivity index (χ2n) is 26.7. The van der Waals surface area contributed by atoms with Gasteiger partial charge in [-0.2, -0.15) is 0 Å². The van der Waals surface area contributed by atoms with Crippen molar-refractivity contribution in [2.24, 2.45) is 0 Å². The molecule has 0 bridgehead atoms. The first kappa shape index (κ1) is 57.5. The van der Waals surface area contributed by atoms with Gasteiger partial charge in [0.25, 0.3) is 0 Å². The van der Waals surface area contributed by atoms with E-state index < -0.39 is 0 Å². The Morgan fingerprint density at radius 3 is 1.09 bits per heavy atom. The third-order valence-electron chi connectivity index (χ3n) is 21.0. The number of para-hydroxylation sites is 3. The highest BCUT2D eigenvalue weighted by Gasteiger charge is 2.33. The quantitative estimate of drug-likeness (QED) is 0.133. The maximum absolute atomic E-state index is 9.69. The van der Waals surface area contributed by atoms with Gasteiger partial charge in [0, 0.05) is 76.1 Å². The van der Waals surface area contributed by atoms with Crippen molar-refractivity contribution in [1.82, 2.24) is 24.1 Å². The summed E-state index contributed by atoms with van der Waals surface area (Å²) in [6, 6.07) is 110. The van der Waals surface area contributed by atoms with Gasteiger partial charge in [-0.3, -0.25) is 0 Å². The van der Waals surface area contributed by atoms with Gasteiger partial charge in [0.05, 0.1) is 50.8 Å². The molecule has 0 aliphatic carbocycles. The predicted octanol–water partition coefficient (Wildman–Crippen LogP) is 25.9. The fourth-order valence-corrected chi connectivity index (χ4v) is 16.3. The smallest absolute Gasteiger partial charge is 0.197 e. The van der Waals surface area contributed by atoms with Gasteiger partial charge in [-0.15, -0.1) is 0 Å². The van der Waals surface area contributed by atoms with Gasteiger partial charge in [0.2, 0.25) is 0 Å². The van der Waals surface area contributed by atoms with Crippen molar-refractivity contribution < 1.29 is 17.7 Å². The first-order chi connectivity index (χ1) is 51.5. The van der Waals surface area contributed by atoms with Crippen LogP contribution in [0.3, 0.4) is 0 Å². The summed E-state index contributed by atoms with van der Waals surface area (Å²) in [5, 5.41) is 11.5. The number of hydrogen-bond acceptors (Lipinski definition) is 7. The summed E-state index contributed by atoms with van der Waals surface area (Å²) in [5.74, 6) is 1.18. The van der Waals surface area contributed by atoms with Crippen LogP contribution in [0, 0.1) is 6.57 Å². The van der Waals surface area contributed by atoms with Crippen molar-refractivity contribution in [3.8, 4) is 90.0 Å². The van der Waals surface area contributed by atoms with E-state index in [1.165, 1.54) is 0 Å². The van der Waals surface area contributed by atoms with E-state index in [0.29, 0.717) is 45.7 Å². The largest absolute Gasteiger partial charge is 0.456 e. The van der Waals surface area contributed by atoms with Crippen LogP contribution in [-0.2, 0) is 0 Å². The lowest BCUT2D eigenvalue weighted by Crippen LogP contribution is -2.10. The number of aromatic nitrogens is 5. The molecule has 0 atom stereocenters. The van der Waals surface area contributed by atoms with E-state index in [0.717, 1.165) is 181 Å². The number of fused-ring (bicyclic) bond motifs is 20. The van der Waals surface area contributed by atoms with Crippen LogP contribution in [0.4, 0.5) is 5.69 Å². The van der Waals surface area contributed by atoms with Crippen LogP contribution < -0.4 is 0 Å². The van der Waals surface area contributed by atoms with E-state index in [2.05, 4.69) is 238 Å². The Hall–Kier alpha value is -14.4. The molecule has 0 amide bonds. The molecule has 0 aliphatic heterocycles. The Morgan fingerprint density at radius 1 is 0.250 bits per heavy atom. The molecule has 7 aromatic heterocycles. The molecule has 0 radical (unpaired) electrons. The Bertz CT molecular complexity index is 7290. The number of furan rings is 4. The predicted molar refractivity (Wildman–Crippen MR) is 422 cm³/mol. The van der Waals surface area contributed by atoms with E-state index in [4.69, 9.17) is 32.6 Å². The first-order valence-electron chi connectivity index (χ1n) is 34.7. The number of nitrogens with zero attached hydrogens (tertiary/aromatic N) is 6. The highest BCUT2D eigenvalue weighted by Crippen LogP contribution is 2.53. The van der Waals surface area contributed by atoms with Crippen molar-refractivity contribution in [2.75, 3.05) is 0 Å². The minimum atomic E-state index is 0.335. The average Bonchev–Trinajstić information content (AvgIpc) is 1.52. The summed E-state index contributed by atoms with van der Waals surface area (Å²) < 4.78 is 32.2. The highest BCUT2D eigenvalue weighted by molar-refractivity contribution is 6.27. The van der Waals surface area contributed by atoms with Crippen molar-refractivity contribution in [3.05, 3.63) is 327 Å². The van der Waals surface area contributed by atoms with Crippen molar-refractivity contribution in [2.45, 2.75) is 0 Å². The molecule has 482 valence electrons. The average molecular weight is 1330 g/mol. The van der Waals surface area contributed by atoms with Crippen LogP contribution in [0.5, 0.6) is 0 Å². The Balaban J connectivity index is 0.935. The summed E-state index contributed by atoms with van der Waals surface area (Å²) in [6.45, 7) is 9.69. The van der Waals surface area contributed by atoms with Crippen LogP contribution >= 0.6 is 0 Å². The standard InChI is InChI=1S/C94H52N6O4/c1-95-74-53-73(94-97-92(61-37-46-82-68(51-61)64-29-15-17-31-79(64)101-82)96-93(98-94)62-38-47-83-69(52-62)65-30-16-18-32-80(65)102-83)88(99-75-41-34-58(54-20-6-2-7-21-54)49-71(75)86-77(99)43-39-66-63-28-14-19-33-81(63)103-90(66)86)89(85(74)57-26-12-5-13-27-57)100-76-42-35-59(55-22-8-3-9-23-55)50-72(76)87-78(100)44-40-67-70-48-60(56-24-10-4-11-25-56)36-45-84(70)104-91(67)87/h2-53H. The molecule has 0 spiro atoms.